The fourth-order valence-electron chi connectivity index (χ4n) is 3.90. The molecule has 1 aliphatic heterocycles. The average Bonchev–Trinajstić information content (AvgIpc) is 2.83. The molecule has 3 aromatic rings. The summed E-state index contributed by atoms with van der Waals surface area (Å²) in [5.74, 6) is 0.993. The molecule has 32 heavy (non-hydrogen) atoms. The summed E-state index contributed by atoms with van der Waals surface area (Å²) in [7, 11) is 5.56. The Balaban J connectivity index is 1.63. The summed E-state index contributed by atoms with van der Waals surface area (Å²) in [6.45, 7) is 0.458. The van der Waals surface area contributed by atoms with E-state index in [0.29, 0.717) is 23.6 Å². The van der Waals surface area contributed by atoms with Gasteiger partial charge in [0.25, 0.3) is 5.91 Å². The van der Waals surface area contributed by atoms with Crippen LogP contribution >= 0.6 is 0 Å². The van der Waals surface area contributed by atoms with E-state index in [-0.39, 0.29) is 11.9 Å². The Kier molecular flexibility index (Phi) is 6.00. The summed E-state index contributed by atoms with van der Waals surface area (Å²) in [4.78, 5) is 17.0. The minimum absolute atomic E-state index is 0.0973. The van der Waals surface area contributed by atoms with Gasteiger partial charge in [-0.25, -0.2) is 0 Å². The predicted octanol–water partition coefficient (Wildman–Crippen LogP) is 4.16. The number of anilines is 1. The molecule has 0 radical (unpaired) electrons. The number of rotatable bonds is 7. The number of carbonyl (C=O) groups is 1. The third-order valence-corrected chi connectivity index (χ3v) is 5.63. The smallest absolute Gasteiger partial charge is 0.267 e. The number of likely N-dealkylation sites (tertiary alicyclic amines) is 1. The van der Waals surface area contributed by atoms with E-state index < -0.39 is 6.10 Å². The lowest BCUT2D eigenvalue weighted by atomic mass is 9.89. The molecule has 0 saturated carbocycles. The van der Waals surface area contributed by atoms with E-state index in [1.165, 1.54) is 0 Å². The largest absolute Gasteiger partial charge is 0.493 e. The quantitative estimate of drug-likeness (QED) is 0.530. The maximum absolute atomic E-state index is 13.2. The molecule has 2 atom stereocenters. The van der Waals surface area contributed by atoms with Gasteiger partial charge in [-0.1, -0.05) is 36.4 Å². The number of ether oxygens (including phenoxy) is 2. The zero-order chi connectivity index (χ0) is 22.7. The molecule has 1 heterocycles. The average molecular weight is 428 g/mol. The van der Waals surface area contributed by atoms with E-state index in [4.69, 9.17) is 9.47 Å². The Hall–Kier alpha value is -3.98. The molecule has 0 aromatic heterocycles. The van der Waals surface area contributed by atoms with E-state index in [1.807, 2.05) is 73.6 Å². The van der Waals surface area contributed by atoms with Crippen LogP contribution in [0.3, 0.4) is 0 Å². The van der Waals surface area contributed by atoms with Crippen molar-refractivity contribution in [3.8, 4) is 17.6 Å². The highest BCUT2D eigenvalue weighted by Gasteiger charge is 2.50. The Bertz CT molecular complexity index is 1150. The zero-order valence-corrected chi connectivity index (χ0v) is 18.4. The van der Waals surface area contributed by atoms with Crippen LogP contribution in [0.25, 0.3) is 0 Å². The van der Waals surface area contributed by atoms with Crippen molar-refractivity contribution < 1.29 is 14.3 Å². The van der Waals surface area contributed by atoms with Crippen molar-refractivity contribution in [3.05, 3.63) is 89.5 Å². The second kappa shape index (κ2) is 9.03. The number of benzene rings is 3. The SMILES string of the molecule is COc1ccccc1O[C@@H]1C(=O)N(Cc2ccc(N(C)C)cc2)[C@H]1c1cccc(C#N)c1. The first-order valence-electron chi connectivity index (χ1n) is 10.4. The number of methoxy groups -OCH3 is 1. The first kappa shape index (κ1) is 21.3. The van der Waals surface area contributed by atoms with Crippen LogP contribution in [0.5, 0.6) is 11.5 Å². The molecule has 1 saturated heterocycles. The van der Waals surface area contributed by atoms with Gasteiger partial charge in [-0.05, 0) is 47.5 Å². The van der Waals surface area contributed by atoms with Gasteiger partial charge < -0.3 is 19.3 Å². The van der Waals surface area contributed by atoms with Gasteiger partial charge in [-0.3, -0.25) is 4.79 Å². The number of nitriles is 1. The number of β-lactam (4-membered cyclic amide) rings is 1. The van der Waals surface area contributed by atoms with Crippen molar-refractivity contribution in [2.75, 3.05) is 26.1 Å². The van der Waals surface area contributed by atoms with Crippen LogP contribution in [0.4, 0.5) is 5.69 Å². The predicted molar refractivity (Wildman–Crippen MR) is 123 cm³/mol. The van der Waals surface area contributed by atoms with Gasteiger partial charge in [0, 0.05) is 26.3 Å². The topological polar surface area (TPSA) is 65.8 Å². The van der Waals surface area contributed by atoms with Crippen molar-refractivity contribution in [1.82, 2.24) is 4.90 Å². The molecule has 6 nitrogen and oxygen atoms in total. The minimum Gasteiger partial charge on any atom is -0.493 e. The van der Waals surface area contributed by atoms with E-state index >= 15 is 0 Å². The van der Waals surface area contributed by atoms with Crippen LogP contribution < -0.4 is 14.4 Å². The molecular formula is C26H25N3O3. The summed E-state index contributed by atoms with van der Waals surface area (Å²) in [6, 6.07) is 24.6. The van der Waals surface area contributed by atoms with Crippen LogP contribution in [-0.2, 0) is 11.3 Å². The van der Waals surface area contributed by atoms with Crippen molar-refractivity contribution in [2.24, 2.45) is 0 Å². The van der Waals surface area contributed by atoms with Crippen LogP contribution in [0.2, 0.25) is 0 Å². The maximum Gasteiger partial charge on any atom is 0.267 e. The van der Waals surface area contributed by atoms with Crippen LogP contribution in [0.15, 0.2) is 72.8 Å². The summed E-state index contributed by atoms with van der Waals surface area (Å²) < 4.78 is 11.5. The van der Waals surface area contributed by atoms with E-state index in [1.54, 1.807) is 30.2 Å². The number of hydrogen-bond donors (Lipinski definition) is 0. The van der Waals surface area contributed by atoms with Crippen molar-refractivity contribution in [3.63, 3.8) is 0 Å². The molecule has 1 aliphatic rings. The number of para-hydroxylation sites is 2. The van der Waals surface area contributed by atoms with Crippen LogP contribution in [-0.4, -0.2) is 38.1 Å². The third kappa shape index (κ3) is 4.10. The van der Waals surface area contributed by atoms with Crippen LogP contribution in [0.1, 0.15) is 22.7 Å². The Morgan fingerprint density at radius 1 is 1.00 bits per heavy atom. The number of hydrogen-bond acceptors (Lipinski definition) is 5. The summed E-state index contributed by atoms with van der Waals surface area (Å²) in [5.41, 5.74) is 3.54. The normalized spacial score (nSPS) is 17.3. The molecule has 0 spiro atoms. The molecule has 6 heteroatoms. The van der Waals surface area contributed by atoms with Gasteiger partial charge in [0.2, 0.25) is 6.10 Å². The Morgan fingerprint density at radius 3 is 2.38 bits per heavy atom. The Morgan fingerprint density at radius 2 is 1.72 bits per heavy atom. The zero-order valence-electron chi connectivity index (χ0n) is 18.4. The minimum atomic E-state index is -0.693. The number of carbonyl (C=O) groups excluding carboxylic acids is 1. The molecule has 0 aliphatic carbocycles. The molecule has 0 bridgehead atoms. The highest BCUT2D eigenvalue weighted by atomic mass is 16.5. The van der Waals surface area contributed by atoms with Crippen molar-refractivity contribution in [1.29, 1.82) is 5.26 Å². The highest BCUT2D eigenvalue weighted by molar-refractivity contribution is 5.89. The van der Waals surface area contributed by atoms with Gasteiger partial charge in [0.05, 0.1) is 18.7 Å². The lowest BCUT2D eigenvalue weighted by Gasteiger charge is -2.47. The molecule has 1 fully saturated rings. The standard InChI is InChI=1S/C26H25N3O3/c1-28(2)21-13-11-18(12-14-21)17-29-24(20-8-6-7-19(15-20)16-27)25(26(29)30)32-23-10-5-4-9-22(23)31-3/h4-15,24-25H,17H2,1-3H3/t24-,25-/m0/s1. The Labute approximate surface area is 188 Å². The lowest BCUT2D eigenvalue weighted by molar-refractivity contribution is -0.165. The first-order chi connectivity index (χ1) is 15.5. The molecule has 4 rings (SSSR count). The molecule has 3 aromatic carbocycles. The fourth-order valence-corrected chi connectivity index (χ4v) is 3.90. The molecule has 162 valence electrons. The number of amides is 1. The van der Waals surface area contributed by atoms with Gasteiger partial charge in [-0.2, -0.15) is 5.26 Å². The maximum atomic E-state index is 13.2. The van der Waals surface area contributed by atoms with E-state index in [9.17, 15) is 10.1 Å². The van der Waals surface area contributed by atoms with Gasteiger partial charge in [-0.15, -0.1) is 0 Å². The third-order valence-electron chi connectivity index (χ3n) is 5.63. The van der Waals surface area contributed by atoms with Crippen molar-refractivity contribution >= 4 is 11.6 Å². The summed E-state index contributed by atoms with van der Waals surface area (Å²) in [6.07, 6.45) is -0.693. The molecule has 0 N–H and O–H groups in total. The summed E-state index contributed by atoms with van der Waals surface area (Å²) >= 11 is 0. The molecule has 0 unspecified atom stereocenters. The lowest BCUT2D eigenvalue weighted by Crippen LogP contribution is -2.60. The summed E-state index contributed by atoms with van der Waals surface area (Å²) in [5, 5.41) is 9.35. The second-order valence-corrected chi connectivity index (χ2v) is 7.90. The van der Waals surface area contributed by atoms with Gasteiger partial charge in [0.15, 0.2) is 11.5 Å². The monoisotopic (exact) mass is 427 g/mol. The van der Waals surface area contributed by atoms with Crippen LogP contribution in [0, 0.1) is 11.3 Å². The van der Waals surface area contributed by atoms with E-state index in [2.05, 4.69) is 6.07 Å². The number of nitrogens with zero attached hydrogens (tertiary/aromatic N) is 3. The molecular weight excluding hydrogens is 402 g/mol. The first-order valence-corrected chi connectivity index (χ1v) is 10.4. The highest BCUT2D eigenvalue weighted by Crippen LogP contribution is 2.41. The fraction of sp³-hybridized carbons (Fsp3) is 0.231. The van der Waals surface area contributed by atoms with Crippen molar-refractivity contribution in [2.45, 2.75) is 18.7 Å². The van der Waals surface area contributed by atoms with Gasteiger partial charge >= 0.3 is 0 Å². The van der Waals surface area contributed by atoms with Gasteiger partial charge in [0.1, 0.15) is 6.04 Å². The second-order valence-electron chi connectivity index (χ2n) is 7.90. The van der Waals surface area contributed by atoms with E-state index in [0.717, 1.165) is 16.8 Å². The molecule has 1 amide bonds.